The van der Waals surface area contributed by atoms with Gasteiger partial charge in [0.05, 0.1) is 0 Å². The van der Waals surface area contributed by atoms with E-state index < -0.39 is 0 Å². The van der Waals surface area contributed by atoms with Crippen LogP contribution in [0.1, 0.15) is 37.0 Å². The van der Waals surface area contributed by atoms with E-state index in [9.17, 15) is 4.79 Å². The maximum atomic E-state index is 12.1. The number of piperidine rings is 1. The summed E-state index contributed by atoms with van der Waals surface area (Å²) in [5.74, 6) is -0.00824. The summed E-state index contributed by atoms with van der Waals surface area (Å²) in [6.07, 6.45) is 3.69. The lowest BCUT2D eigenvalue weighted by Gasteiger charge is -2.34. The Morgan fingerprint density at radius 1 is 1.47 bits per heavy atom. The summed E-state index contributed by atoms with van der Waals surface area (Å²) in [5.41, 5.74) is 0.660. The molecular formula is C14H20BrN3O. The topological polar surface area (TPSA) is 45.2 Å². The molecule has 0 unspecified atom stereocenters. The van der Waals surface area contributed by atoms with Crippen LogP contribution in [0.4, 0.5) is 0 Å². The minimum Gasteiger partial charge on any atom is -0.349 e. The summed E-state index contributed by atoms with van der Waals surface area (Å²) in [6.45, 7) is 6.55. The van der Waals surface area contributed by atoms with Crippen molar-refractivity contribution in [1.29, 1.82) is 0 Å². The van der Waals surface area contributed by atoms with E-state index in [1.807, 2.05) is 0 Å². The third-order valence-corrected chi connectivity index (χ3v) is 4.02. The lowest BCUT2D eigenvalue weighted by atomic mass is 10.0. The zero-order valence-electron chi connectivity index (χ0n) is 11.4. The van der Waals surface area contributed by atoms with Crippen molar-refractivity contribution in [2.45, 2.75) is 38.8 Å². The van der Waals surface area contributed by atoms with Crippen LogP contribution in [0.3, 0.4) is 0 Å². The van der Waals surface area contributed by atoms with Crippen LogP contribution in [0.15, 0.2) is 22.9 Å². The molecule has 1 aromatic rings. The number of hydrogen-bond donors (Lipinski definition) is 1. The molecule has 0 spiro atoms. The maximum absolute atomic E-state index is 12.1. The smallest absolute Gasteiger partial charge is 0.251 e. The van der Waals surface area contributed by atoms with Gasteiger partial charge in [-0.3, -0.25) is 4.79 Å². The third kappa shape index (κ3) is 4.01. The predicted octanol–water partition coefficient (Wildman–Crippen LogP) is 2.45. The minimum atomic E-state index is -0.00824. The Bertz CT molecular complexity index is 442. The van der Waals surface area contributed by atoms with Crippen LogP contribution in [-0.2, 0) is 0 Å². The zero-order valence-corrected chi connectivity index (χ0v) is 13.0. The Balaban J connectivity index is 1.87. The van der Waals surface area contributed by atoms with Crippen molar-refractivity contribution in [2.75, 3.05) is 13.1 Å². The molecule has 1 aliphatic rings. The first-order chi connectivity index (χ1) is 9.06. The molecule has 0 radical (unpaired) electrons. The average Bonchev–Trinajstić information content (AvgIpc) is 2.39. The molecule has 0 aromatic carbocycles. The third-order valence-electron chi connectivity index (χ3n) is 3.58. The SMILES string of the molecule is CC(C)N1CCC(NC(=O)c2ccnc(Br)c2)CC1. The first-order valence-corrected chi connectivity index (χ1v) is 7.52. The zero-order chi connectivity index (χ0) is 13.8. The maximum Gasteiger partial charge on any atom is 0.251 e. The lowest BCUT2D eigenvalue weighted by molar-refractivity contribution is 0.0900. The number of halogens is 1. The molecule has 1 N–H and O–H groups in total. The van der Waals surface area contributed by atoms with Gasteiger partial charge < -0.3 is 10.2 Å². The van der Waals surface area contributed by atoms with Crippen molar-refractivity contribution in [3.05, 3.63) is 28.5 Å². The molecule has 104 valence electrons. The van der Waals surface area contributed by atoms with Gasteiger partial charge in [0.1, 0.15) is 4.60 Å². The van der Waals surface area contributed by atoms with Gasteiger partial charge >= 0.3 is 0 Å². The Morgan fingerprint density at radius 3 is 2.74 bits per heavy atom. The highest BCUT2D eigenvalue weighted by atomic mass is 79.9. The van der Waals surface area contributed by atoms with Gasteiger partial charge in [0.25, 0.3) is 5.91 Å². The van der Waals surface area contributed by atoms with Gasteiger partial charge in [-0.15, -0.1) is 0 Å². The number of amides is 1. The van der Waals surface area contributed by atoms with E-state index >= 15 is 0 Å². The fourth-order valence-electron chi connectivity index (χ4n) is 2.37. The van der Waals surface area contributed by atoms with Crippen molar-refractivity contribution >= 4 is 21.8 Å². The second-order valence-electron chi connectivity index (χ2n) is 5.24. The molecule has 0 aliphatic carbocycles. The van der Waals surface area contributed by atoms with E-state index in [1.165, 1.54) is 0 Å². The molecule has 19 heavy (non-hydrogen) atoms. The van der Waals surface area contributed by atoms with Crippen molar-refractivity contribution in [3.63, 3.8) is 0 Å². The molecule has 4 nitrogen and oxygen atoms in total. The van der Waals surface area contributed by atoms with Crippen LogP contribution in [0.2, 0.25) is 0 Å². The number of pyridine rings is 1. The fraction of sp³-hybridized carbons (Fsp3) is 0.571. The van der Waals surface area contributed by atoms with Crippen LogP contribution >= 0.6 is 15.9 Å². The second kappa shape index (κ2) is 6.48. The lowest BCUT2D eigenvalue weighted by Crippen LogP contribution is -2.46. The highest BCUT2D eigenvalue weighted by Crippen LogP contribution is 2.14. The van der Waals surface area contributed by atoms with Crippen molar-refractivity contribution in [2.24, 2.45) is 0 Å². The van der Waals surface area contributed by atoms with Gasteiger partial charge in [0, 0.05) is 36.9 Å². The van der Waals surface area contributed by atoms with Gasteiger partial charge in [-0.05, 0) is 54.8 Å². The van der Waals surface area contributed by atoms with Gasteiger partial charge in [-0.25, -0.2) is 4.98 Å². The van der Waals surface area contributed by atoms with Gasteiger partial charge in [-0.1, -0.05) is 0 Å². The molecule has 1 amide bonds. The molecule has 2 heterocycles. The van der Waals surface area contributed by atoms with E-state index in [0.717, 1.165) is 25.9 Å². The number of carbonyl (C=O) groups is 1. The number of rotatable bonds is 3. The van der Waals surface area contributed by atoms with Crippen LogP contribution in [0.25, 0.3) is 0 Å². The van der Waals surface area contributed by atoms with Crippen LogP contribution in [0, 0.1) is 0 Å². The Kier molecular flexibility index (Phi) is 4.93. The van der Waals surface area contributed by atoms with Gasteiger partial charge in [0.15, 0.2) is 0 Å². The number of carbonyl (C=O) groups excluding carboxylic acids is 1. The monoisotopic (exact) mass is 325 g/mol. The van der Waals surface area contributed by atoms with E-state index in [4.69, 9.17) is 0 Å². The number of aromatic nitrogens is 1. The molecule has 0 saturated carbocycles. The summed E-state index contributed by atoms with van der Waals surface area (Å²) < 4.78 is 0.690. The highest BCUT2D eigenvalue weighted by molar-refractivity contribution is 9.10. The number of nitrogens with zero attached hydrogens (tertiary/aromatic N) is 2. The van der Waals surface area contributed by atoms with Crippen LogP contribution in [0.5, 0.6) is 0 Å². The summed E-state index contributed by atoms with van der Waals surface area (Å²) in [4.78, 5) is 18.6. The first-order valence-electron chi connectivity index (χ1n) is 6.72. The van der Waals surface area contributed by atoms with Crippen molar-refractivity contribution < 1.29 is 4.79 Å². The standard InChI is InChI=1S/C14H20BrN3O/c1-10(2)18-7-4-12(5-8-18)17-14(19)11-3-6-16-13(15)9-11/h3,6,9-10,12H,4-5,7-8H2,1-2H3,(H,17,19). The number of likely N-dealkylation sites (tertiary alicyclic amines) is 1. The molecule has 0 atom stereocenters. The number of hydrogen-bond acceptors (Lipinski definition) is 3. The van der Waals surface area contributed by atoms with E-state index in [2.05, 4.69) is 45.0 Å². The molecule has 5 heteroatoms. The molecule has 1 saturated heterocycles. The summed E-state index contributed by atoms with van der Waals surface area (Å²) in [5, 5.41) is 3.11. The molecule has 1 aliphatic heterocycles. The van der Waals surface area contributed by atoms with E-state index in [-0.39, 0.29) is 11.9 Å². The highest BCUT2D eigenvalue weighted by Gasteiger charge is 2.22. The van der Waals surface area contributed by atoms with Gasteiger partial charge in [-0.2, -0.15) is 0 Å². The molecular weight excluding hydrogens is 306 g/mol. The van der Waals surface area contributed by atoms with Gasteiger partial charge in [0.2, 0.25) is 0 Å². The number of nitrogens with one attached hydrogen (secondary N) is 1. The van der Waals surface area contributed by atoms with E-state index in [1.54, 1.807) is 18.3 Å². The largest absolute Gasteiger partial charge is 0.349 e. The normalized spacial score (nSPS) is 17.7. The fourth-order valence-corrected chi connectivity index (χ4v) is 2.74. The van der Waals surface area contributed by atoms with Crippen LogP contribution < -0.4 is 5.32 Å². The summed E-state index contributed by atoms with van der Waals surface area (Å²) in [6, 6.07) is 4.37. The molecule has 0 bridgehead atoms. The first kappa shape index (κ1) is 14.5. The summed E-state index contributed by atoms with van der Waals surface area (Å²) >= 11 is 3.28. The van der Waals surface area contributed by atoms with Crippen molar-refractivity contribution in [1.82, 2.24) is 15.2 Å². The summed E-state index contributed by atoms with van der Waals surface area (Å²) in [7, 11) is 0. The molecule has 2 rings (SSSR count). The molecule has 1 fully saturated rings. The van der Waals surface area contributed by atoms with Crippen molar-refractivity contribution in [3.8, 4) is 0 Å². The Morgan fingerprint density at radius 2 is 2.16 bits per heavy atom. The quantitative estimate of drug-likeness (QED) is 0.868. The van der Waals surface area contributed by atoms with Crippen LogP contribution in [-0.4, -0.2) is 41.0 Å². The molecule has 1 aromatic heterocycles. The minimum absolute atomic E-state index is 0.00824. The average molecular weight is 326 g/mol. The second-order valence-corrected chi connectivity index (χ2v) is 6.06. The Hall–Kier alpha value is -0.940. The van der Waals surface area contributed by atoms with E-state index in [0.29, 0.717) is 16.2 Å². The predicted molar refractivity (Wildman–Crippen MR) is 79.1 cm³/mol. The Labute approximate surface area is 122 Å².